The summed E-state index contributed by atoms with van der Waals surface area (Å²) in [6.45, 7) is 7.70. The number of thiazole rings is 1. The van der Waals surface area contributed by atoms with Crippen molar-refractivity contribution in [2.75, 3.05) is 5.32 Å². The third-order valence-electron chi connectivity index (χ3n) is 3.83. The van der Waals surface area contributed by atoms with Gasteiger partial charge in [0, 0.05) is 23.1 Å². The molecule has 0 spiro atoms. The predicted octanol–water partition coefficient (Wildman–Crippen LogP) is 3.55. The molecule has 0 aliphatic carbocycles. The van der Waals surface area contributed by atoms with Crippen molar-refractivity contribution in [2.45, 2.75) is 34.3 Å². The molecule has 0 aliphatic rings. The van der Waals surface area contributed by atoms with Crippen LogP contribution in [-0.4, -0.2) is 15.3 Å². The van der Waals surface area contributed by atoms with E-state index in [9.17, 15) is 9.59 Å². The Morgan fingerprint density at radius 3 is 2.81 bits per heavy atom. The summed E-state index contributed by atoms with van der Waals surface area (Å²) in [6.07, 6.45) is 1.78. The van der Waals surface area contributed by atoms with Crippen molar-refractivity contribution in [1.29, 1.82) is 0 Å². The van der Waals surface area contributed by atoms with Crippen LogP contribution in [0.15, 0.2) is 35.3 Å². The van der Waals surface area contributed by atoms with Crippen LogP contribution in [0.25, 0.3) is 4.96 Å². The molecule has 0 unspecified atom stereocenters. The minimum absolute atomic E-state index is 0.0766. The van der Waals surface area contributed by atoms with Gasteiger partial charge in [0.05, 0.1) is 11.4 Å². The second-order valence-electron chi connectivity index (χ2n) is 6.51. The predicted molar refractivity (Wildman–Crippen MR) is 103 cm³/mol. The summed E-state index contributed by atoms with van der Waals surface area (Å²) < 4.78 is 7.38. The molecule has 3 aromatic rings. The Morgan fingerprint density at radius 1 is 1.31 bits per heavy atom. The number of carbonyl (C=O) groups excluding carboxylic acids is 1. The molecule has 0 saturated heterocycles. The zero-order valence-corrected chi connectivity index (χ0v) is 16.0. The van der Waals surface area contributed by atoms with Gasteiger partial charge in [0.2, 0.25) is 5.91 Å². The van der Waals surface area contributed by atoms with Gasteiger partial charge in [0.1, 0.15) is 12.4 Å². The molecule has 26 heavy (non-hydrogen) atoms. The Morgan fingerprint density at radius 2 is 2.08 bits per heavy atom. The summed E-state index contributed by atoms with van der Waals surface area (Å²) in [4.78, 5) is 30.3. The number of hydrogen-bond donors (Lipinski definition) is 1. The summed E-state index contributed by atoms with van der Waals surface area (Å²) in [5.41, 5.74) is 2.06. The Kier molecular flexibility index (Phi) is 5.08. The van der Waals surface area contributed by atoms with E-state index in [1.807, 2.05) is 45.9 Å². The first-order chi connectivity index (χ1) is 12.3. The van der Waals surface area contributed by atoms with Gasteiger partial charge in [0.25, 0.3) is 5.56 Å². The molecule has 0 aliphatic heterocycles. The van der Waals surface area contributed by atoms with Crippen LogP contribution in [0, 0.1) is 19.8 Å². The van der Waals surface area contributed by atoms with E-state index in [4.69, 9.17) is 4.74 Å². The second kappa shape index (κ2) is 7.29. The molecule has 7 heteroatoms. The van der Waals surface area contributed by atoms with E-state index in [1.54, 1.807) is 6.20 Å². The lowest BCUT2D eigenvalue weighted by molar-refractivity contribution is -0.118. The fourth-order valence-corrected chi connectivity index (χ4v) is 3.28. The number of aryl methyl sites for hydroxylation is 2. The third-order valence-corrected chi connectivity index (χ3v) is 4.73. The fourth-order valence-electron chi connectivity index (χ4n) is 2.43. The Balaban J connectivity index is 1.83. The van der Waals surface area contributed by atoms with Gasteiger partial charge >= 0.3 is 0 Å². The van der Waals surface area contributed by atoms with Crippen molar-refractivity contribution in [1.82, 2.24) is 9.38 Å². The summed E-state index contributed by atoms with van der Waals surface area (Å²) in [5, 5.41) is 2.88. The molecule has 136 valence electrons. The molecule has 1 N–H and O–H groups in total. The normalized spacial score (nSPS) is 11.1. The number of rotatable bonds is 5. The second-order valence-corrected chi connectivity index (χ2v) is 7.73. The molecule has 0 radical (unpaired) electrons. The van der Waals surface area contributed by atoms with Gasteiger partial charge in [-0.05, 0) is 31.5 Å². The molecule has 0 atom stereocenters. The molecule has 3 rings (SSSR count). The lowest BCUT2D eigenvalue weighted by Crippen LogP contribution is -2.18. The van der Waals surface area contributed by atoms with Crippen molar-refractivity contribution in [3.63, 3.8) is 0 Å². The molecule has 0 bridgehead atoms. The van der Waals surface area contributed by atoms with Crippen molar-refractivity contribution in [3.8, 4) is 5.75 Å². The molecular weight excluding hydrogens is 350 g/mol. The van der Waals surface area contributed by atoms with Crippen LogP contribution in [-0.2, 0) is 11.4 Å². The number of anilines is 1. The number of aromatic nitrogens is 2. The maximum Gasteiger partial charge on any atom is 0.258 e. The number of benzene rings is 1. The average Bonchev–Trinajstić information content (AvgIpc) is 2.95. The monoisotopic (exact) mass is 371 g/mol. The fraction of sp³-hybridized carbons (Fsp3) is 0.316. The standard InChI is InChI=1S/C19H21N3O3S/c1-11(2)18(24)21-15-7-12(3)5-6-16(15)25-10-14-8-17(23)22-9-13(4)26-19(22)20-14/h5-9,11H,10H2,1-4H3,(H,21,24). The maximum absolute atomic E-state index is 12.2. The largest absolute Gasteiger partial charge is 0.485 e. The van der Waals surface area contributed by atoms with Crippen molar-refractivity contribution in [3.05, 3.63) is 57.0 Å². The lowest BCUT2D eigenvalue weighted by atomic mass is 10.1. The van der Waals surface area contributed by atoms with Crippen LogP contribution in [0.1, 0.15) is 30.0 Å². The van der Waals surface area contributed by atoms with Crippen LogP contribution in [0.5, 0.6) is 5.75 Å². The number of nitrogens with one attached hydrogen (secondary N) is 1. The number of carbonyl (C=O) groups is 1. The van der Waals surface area contributed by atoms with E-state index in [0.717, 1.165) is 10.4 Å². The Hall–Kier alpha value is -2.67. The summed E-state index contributed by atoms with van der Waals surface area (Å²) >= 11 is 1.46. The highest BCUT2D eigenvalue weighted by molar-refractivity contribution is 7.16. The lowest BCUT2D eigenvalue weighted by Gasteiger charge is -2.14. The van der Waals surface area contributed by atoms with Gasteiger partial charge in [-0.15, -0.1) is 11.3 Å². The van der Waals surface area contributed by atoms with Crippen LogP contribution < -0.4 is 15.6 Å². The molecule has 0 fully saturated rings. The van der Waals surface area contributed by atoms with Crippen LogP contribution >= 0.6 is 11.3 Å². The molecule has 1 amide bonds. The zero-order valence-electron chi connectivity index (χ0n) is 15.2. The number of hydrogen-bond acceptors (Lipinski definition) is 5. The maximum atomic E-state index is 12.2. The number of fused-ring (bicyclic) bond motifs is 1. The van der Waals surface area contributed by atoms with Crippen molar-refractivity contribution < 1.29 is 9.53 Å². The average molecular weight is 371 g/mol. The first-order valence-electron chi connectivity index (χ1n) is 8.36. The molecule has 2 aromatic heterocycles. The van der Waals surface area contributed by atoms with Gasteiger partial charge in [-0.2, -0.15) is 0 Å². The number of amides is 1. The molecule has 2 heterocycles. The highest BCUT2D eigenvalue weighted by atomic mass is 32.1. The third kappa shape index (κ3) is 3.94. The van der Waals surface area contributed by atoms with Gasteiger partial charge in [-0.3, -0.25) is 14.0 Å². The van der Waals surface area contributed by atoms with Gasteiger partial charge in [0.15, 0.2) is 4.96 Å². The summed E-state index contributed by atoms with van der Waals surface area (Å²) in [6, 6.07) is 7.06. The van der Waals surface area contributed by atoms with E-state index in [1.165, 1.54) is 21.8 Å². The van der Waals surface area contributed by atoms with E-state index in [2.05, 4.69) is 10.3 Å². The summed E-state index contributed by atoms with van der Waals surface area (Å²) in [5.74, 6) is 0.343. The quantitative estimate of drug-likeness (QED) is 0.744. The highest BCUT2D eigenvalue weighted by Crippen LogP contribution is 2.27. The molecule has 1 aromatic carbocycles. The van der Waals surface area contributed by atoms with E-state index in [-0.39, 0.29) is 24.0 Å². The van der Waals surface area contributed by atoms with Gasteiger partial charge < -0.3 is 10.1 Å². The van der Waals surface area contributed by atoms with E-state index in [0.29, 0.717) is 22.1 Å². The minimum atomic E-state index is -0.130. The SMILES string of the molecule is Cc1ccc(OCc2cc(=O)n3cc(C)sc3n2)c(NC(=O)C(C)C)c1. The number of nitrogens with zero attached hydrogens (tertiary/aromatic N) is 2. The first-order valence-corrected chi connectivity index (χ1v) is 9.18. The first kappa shape index (κ1) is 18.1. The van der Waals surface area contributed by atoms with E-state index < -0.39 is 0 Å². The van der Waals surface area contributed by atoms with Crippen molar-refractivity contribution in [2.24, 2.45) is 5.92 Å². The smallest absolute Gasteiger partial charge is 0.258 e. The molecular formula is C19H21N3O3S. The number of ether oxygens (including phenoxy) is 1. The van der Waals surface area contributed by atoms with Crippen molar-refractivity contribution >= 4 is 27.9 Å². The van der Waals surface area contributed by atoms with E-state index >= 15 is 0 Å². The summed E-state index contributed by atoms with van der Waals surface area (Å²) in [7, 11) is 0. The molecule has 6 nitrogen and oxygen atoms in total. The van der Waals surface area contributed by atoms with Crippen LogP contribution in [0.3, 0.4) is 0 Å². The van der Waals surface area contributed by atoms with Crippen LogP contribution in [0.4, 0.5) is 5.69 Å². The van der Waals surface area contributed by atoms with Gasteiger partial charge in [-0.1, -0.05) is 19.9 Å². The zero-order chi connectivity index (χ0) is 18.8. The Labute approximate surface area is 155 Å². The topological polar surface area (TPSA) is 72.7 Å². The van der Waals surface area contributed by atoms with Crippen LogP contribution in [0.2, 0.25) is 0 Å². The Bertz CT molecular complexity index is 1020. The van der Waals surface area contributed by atoms with Gasteiger partial charge in [-0.25, -0.2) is 4.98 Å². The minimum Gasteiger partial charge on any atom is -0.485 e. The molecule has 0 saturated carbocycles. The highest BCUT2D eigenvalue weighted by Gasteiger charge is 2.12.